The molecule has 1 N–H and O–H groups in total. The van der Waals surface area contributed by atoms with E-state index in [9.17, 15) is 4.79 Å². The van der Waals surface area contributed by atoms with Gasteiger partial charge in [-0.3, -0.25) is 9.89 Å². The van der Waals surface area contributed by atoms with E-state index in [1.165, 1.54) is 5.69 Å². The van der Waals surface area contributed by atoms with Crippen molar-refractivity contribution in [1.82, 2.24) is 15.1 Å². The van der Waals surface area contributed by atoms with Crippen LogP contribution in [-0.2, 0) is 16.0 Å². The molecular weight excluding hydrogens is 314 g/mol. The zero-order chi connectivity index (χ0) is 17.5. The Hall–Kier alpha value is -2.14. The monoisotopic (exact) mass is 341 g/mol. The molecule has 25 heavy (non-hydrogen) atoms. The van der Waals surface area contributed by atoms with E-state index in [1.54, 1.807) is 0 Å². The molecule has 1 aromatic heterocycles. The van der Waals surface area contributed by atoms with Gasteiger partial charge in [-0.25, -0.2) is 0 Å². The first kappa shape index (κ1) is 17.7. The lowest BCUT2D eigenvalue weighted by Gasteiger charge is -2.20. The number of carbonyl (C=O) groups excluding carboxylic acids is 1. The predicted octanol–water partition coefficient (Wildman–Crippen LogP) is 3.43. The number of aryl methyl sites for hydroxylation is 1. The molecule has 2 heterocycles. The molecule has 1 aromatic carbocycles. The number of hydrogen-bond donors (Lipinski definition) is 1. The van der Waals surface area contributed by atoms with Crippen LogP contribution >= 0.6 is 0 Å². The van der Waals surface area contributed by atoms with Crippen LogP contribution in [-0.4, -0.2) is 47.3 Å². The van der Waals surface area contributed by atoms with Gasteiger partial charge in [-0.1, -0.05) is 36.8 Å². The Labute approximate surface area is 149 Å². The van der Waals surface area contributed by atoms with Crippen LogP contribution in [0, 0.1) is 0 Å². The fourth-order valence-corrected chi connectivity index (χ4v) is 3.22. The smallest absolute Gasteiger partial charge is 0.251 e. The van der Waals surface area contributed by atoms with Crippen molar-refractivity contribution in [3.05, 3.63) is 42.1 Å². The molecule has 0 unspecified atom stereocenters. The Morgan fingerprint density at radius 2 is 2.12 bits per heavy atom. The second-order valence-corrected chi connectivity index (χ2v) is 6.72. The van der Waals surface area contributed by atoms with Crippen molar-refractivity contribution in [2.75, 3.05) is 20.2 Å². The maximum Gasteiger partial charge on any atom is 0.251 e. The molecule has 1 amide bonds. The average molecular weight is 341 g/mol. The topological polar surface area (TPSA) is 58.2 Å². The Balaban J connectivity index is 1.35. The van der Waals surface area contributed by atoms with E-state index in [-0.39, 0.29) is 12.0 Å². The van der Waals surface area contributed by atoms with Crippen LogP contribution in [0.25, 0.3) is 11.3 Å². The highest BCUT2D eigenvalue weighted by Gasteiger charge is 2.25. The summed E-state index contributed by atoms with van der Waals surface area (Å²) in [7, 11) is 1.88. The van der Waals surface area contributed by atoms with Gasteiger partial charge in [0.1, 0.15) is 6.10 Å². The molecule has 3 rings (SSSR count). The summed E-state index contributed by atoms with van der Waals surface area (Å²) in [6, 6.07) is 12.3. The number of aromatic amines is 1. The van der Waals surface area contributed by atoms with Crippen LogP contribution in [0.5, 0.6) is 0 Å². The second kappa shape index (κ2) is 8.81. The van der Waals surface area contributed by atoms with E-state index in [0.29, 0.717) is 0 Å². The second-order valence-electron chi connectivity index (χ2n) is 6.72. The van der Waals surface area contributed by atoms with E-state index >= 15 is 0 Å². The number of unbranched alkanes of at least 4 members (excludes halogenated alkanes) is 2. The van der Waals surface area contributed by atoms with Gasteiger partial charge in [0, 0.05) is 31.5 Å². The molecule has 0 spiro atoms. The minimum absolute atomic E-state index is 0.138. The van der Waals surface area contributed by atoms with Crippen molar-refractivity contribution < 1.29 is 9.53 Å². The Morgan fingerprint density at radius 1 is 1.28 bits per heavy atom. The van der Waals surface area contributed by atoms with E-state index in [4.69, 9.17) is 4.74 Å². The van der Waals surface area contributed by atoms with Crippen molar-refractivity contribution in [2.45, 2.75) is 44.6 Å². The van der Waals surface area contributed by atoms with Crippen LogP contribution in [0.3, 0.4) is 0 Å². The summed E-state index contributed by atoms with van der Waals surface area (Å²) in [5.74, 6) is 0.138. The van der Waals surface area contributed by atoms with E-state index in [1.807, 2.05) is 30.1 Å². The number of nitrogens with zero attached hydrogens (tertiary/aromatic N) is 2. The molecule has 134 valence electrons. The number of carbonyl (C=O) groups is 1. The van der Waals surface area contributed by atoms with Crippen molar-refractivity contribution in [3.63, 3.8) is 0 Å². The van der Waals surface area contributed by atoms with Crippen molar-refractivity contribution in [2.24, 2.45) is 0 Å². The van der Waals surface area contributed by atoms with Gasteiger partial charge >= 0.3 is 0 Å². The highest BCUT2D eigenvalue weighted by atomic mass is 16.5. The summed E-state index contributed by atoms with van der Waals surface area (Å²) >= 11 is 0. The highest BCUT2D eigenvalue weighted by molar-refractivity contribution is 5.80. The number of ether oxygens (including phenoxy) is 1. The van der Waals surface area contributed by atoms with Crippen LogP contribution in [0.1, 0.15) is 37.8 Å². The lowest BCUT2D eigenvalue weighted by Crippen LogP contribution is -2.36. The quantitative estimate of drug-likeness (QED) is 0.749. The molecule has 5 nitrogen and oxygen atoms in total. The number of amides is 1. The van der Waals surface area contributed by atoms with Gasteiger partial charge < -0.3 is 9.64 Å². The number of H-pyrrole nitrogens is 1. The van der Waals surface area contributed by atoms with E-state index in [2.05, 4.69) is 28.4 Å². The third-order valence-electron chi connectivity index (χ3n) is 4.72. The first-order chi connectivity index (χ1) is 12.2. The molecule has 0 aliphatic carbocycles. The summed E-state index contributed by atoms with van der Waals surface area (Å²) in [5, 5.41) is 7.52. The van der Waals surface area contributed by atoms with Crippen LogP contribution in [0.15, 0.2) is 36.4 Å². The maximum atomic E-state index is 12.2. The Bertz CT molecular complexity index is 663. The predicted molar refractivity (Wildman–Crippen MR) is 98.2 cm³/mol. The number of nitrogens with one attached hydrogen (secondary N) is 1. The van der Waals surface area contributed by atoms with Crippen LogP contribution < -0.4 is 0 Å². The summed E-state index contributed by atoms with van der Waals surface area (Å²) in [4.78, 5) is 14.0. The van der Waals surface area contributed by atoms with Crippen molar-refractivity contribution in [1.29, 1.82) is 0 Å². The summed E-state index contributed by atoms with van der Waals surface area (Å²) in [6.45, 7) is 1.52. The van der Waals surface area contributed by atoms with Gasteiger partial charge in [-0.05, 0) is 38.2 Å². The molecule has 1 aliphatic heterocycles. The highest BCUT2D eigenvalue weighted by Crippen LogP contribution is 2.18. The lowest BCUT2D eigenvalue weighted by molar-refractivity contribution is -0.139. The molecule has 0 radical (unpaired) electrons. The van der Waals surface area contributed by atoms with Gasteiger partial charge in [0.2, 0.25) is 0 Å². The van der Waals surface area contributed by atoms with Crippen LogP contribution in [0.2, 0.25) is 0 Å². The van der Waals surface area contributed by atoms with Gasteiger partial charge in [0.25, 0.3) is 5.91 Å². The lowest BCUT2D eigenvalue weighted by atomic mass is 10.1. The molecule has 1 aliphatic rings. The van der Waals surface area contributed by atoms with Gasteiger partial charge in [0.15, 0.2) is 0 Å². The Morgan fingerprint density at radius 3 is 2.88 bits per heavy atom. The molecule has 0 bridgehead atoms. The van der Waals surface area contributed by atoms with E-state index < -0.39 is 0 Å². The standard InChI is InChI=1S/C20H27N3O2/c1-23(20(24)19-12-8-14-25-19)13-7-3-6-11-17-15-18(22-21-17)16-9-4-2-5-10-16/h2,4-5,9-10,15,19H,3,6-8,11-14H2,1H3,(H,21,22)/t19-/m1/s1. The van der Waals surface area contributed by atoms with Gasteiger partial charge in [-0.2, -0.15) is 5.10 Å². The molecule has 1 saturated heterocycles. The van der Waals surface area contributed by atoms with Crippen molar-refractivity contribution >= 4 is 5.91 Å². The van der Waals surface area contributed by atoms with E-state index in [0.717, 1.165) is 62.9 Å². The largest absolute Gasteiger partial charge is 0.368 e. The van der Waals surface area contributed by atoms with Gasteiger partial charge in [-0.15, -0.1) is 0 Å². The fraction of sp³-hybridized carbons (Fsp3) is 0.500. The average Bonchev–Trinajstić information content (AvgIpc) is 3.33. The maximum absolute atomic E-state index is 12.2. The van der Waals surface area contributed by atoms with Crippen molar-refractivity contribution in [3.8, 4) is 11.3 Å². The first-order valence-electron chi connectivity index (χ1n) is 9.20. The number of aromatic nitrogens is 2. The minimum Gasteiger partial charge on any atom is -0.368 e. The number of hydrogen-bond acceptors (Lipinski definition) is 3. The molecule has 1 atom stereocenters. The third-order valence-corrected chi connectivity index (χ3v) is 4.72. The minimum atomic E-state index is -0.202. The van der Waals surface area contributed by atoms with Gasteiger partial charge in [0.05, 0.1) is 5.69 Å². The zero-order valence-corrected chi connectivity index (χ0v) is 14.9. The molecular formula is C20H27N3O2. The summed E-state index contributed by atoms with van der Waals surface area (Å²) in [5.41, 5.74) is 3.31. The first-order valence-corrected chi connectivity index (χ1v) is 9.20. The third kappa shape index (κ3) is 4.92. The molecule has 5 heteroatoms. The normalized spacial score (nSPS) is 16.9. The summed E-state index contributed by atoms with van der Waals surface area (Å²) < 4.78 is 5.46. The number of benzene rings is 1. The molecule has 2 aromatic rings. The van der Waals surface area contributed by atoms with Crippen LogP contribution in [0.4, 0.5) is 0 Å². The number of rotatable bonds is 8. The fourth-order valence-electron chi connectivity index (χ4n) is 3.22. The Kier molecular flexibility index (Phi) is 6.23. The summed E-state index contributed by atoms with van der Waals surface area (Å²) in [6.07, 6.45) is 5.87. The number of likely N-dealkylation sites (N-methyl/N-ethyl adjacent to an activating group) is 1. The molecule has 1 fully saturated rings. The zero-order valence-electron chi connectivity index (χ0n) is 14.9. The SMILES string of the molecule is CN(CCCCCc1cc(-c2ccccc2)n[nH]1)C(=O)[C@H]1CCCO1. The molecule has 0 saturated carbocycles.